The van der Waals surface area contributed by atoms with Crippen molar-refractivity contribution in [1.29, 1.82) is 0 Å². The van der Waals surface area contributed by atoms with E-state index in [2.05, 4.69) is 12.2 Å². The molecule has 5 nitrogen and oxygen atoms in total. The number of likely N-dealkylation sites (tertiary alicyclic amines) is 1. The first-order chi connectivity index (χ1) is 14.1. The van der Waals surface area contributed by atoms with E-state index >= 15 is 0 Å². The molecule has 1 saturated heterocycles. The van der Waals surface area contributed by atoms with Crippen molar-refractivity contribution < 1.29 is 19.1 Å². The van der Waals surface area contributed by atoms with Gasteiger partial charge in [0.05, 0.1) is 18.3 Å². The van der Waals surface area contributed by atoms with Gasteiger partial charge in [-0.15, -0.1) is 0 Å². The highest BCUT2D eigenvalue weighted by molar-refractivity contribution is 6.06. The van der Waals surface area contributed by atoms with Crippen LogP contribution in [0.2, 0.25) is 0 Å². The third-order valence-corrected chi connectivity index (χ3v) is 6.29. The number of esters is 1. The lowest BCUT2D eigenvalue weighted by atomic mass is 9.85. The second-order valence-electron chi connectivity index (χ2n) is 7.94. The Morgan fingerprint density at radius 2 is 1.45 bits per heavy atom. The van der Waals surface area contributed by atoms with Gasteiger partial charge in [-0.25, -0.2) is 0 Å². The summed E-state index contributed by atoms with van der Waals surface area (Å²) in [5.41, 5.74) is 2.12. The second kappa shape index (κ2) is 6.99. The Bertz CT molecular complexity index is 965. The van der Waals surface area contributed by atoms with E-state index in [1.165, 1.54) is 4.90 Å². The van der Waals surface area contributed by atoms with E-state index in [-0.39, 0.29) is 48.5 Å². The highest BCUT2D eigenvalue weighted by atomic mass is 16.5. The lowest BCUT2D eigenvalue weighted by molar-refractivity contribution is -0.142. The molecule has 2 aliphatic carbocycles. The first kappa shape index (κ1) is 17.9. The summed E-state index contributed by atoms with van der Waals surface area (Å²) in [6.07, 6.45) is 5.03. The summed E-state index contributed by atoms with van der Waals surface area (Å²) in [5.74, 6) is -0.334. The van der Waals surface area contributed by atoms with Crippen molar-refractivity contribution in [3.05, 3.63) is 66.7 Å². The van der Waals surface area contributed by atoms with Crippen LogP contribution < -0.4 is 4.74 Å². The van der Waals surface area contributed by atoms with E-state index in [9.17, 15) is 14.4 Å². The number of carbonyl (C=O) groups is 3. The molecule has 1 heterocycles. The van der Waals surface area contributed by atoms with Crippen LogP contribution in [0.4, 0.5) is 0 Å². The molecule has 1 aliphatic heterocycles. The molecule has 29 heavy (non-hydrogen) atoms. The van der Waals surface area contributed by atoms with Crippen LogP contribution in [0.1, 0.15) is 12.8 Å². The van der Waals surface area contributed by atoms with Gasteiger partial charge in [-0.3, -0.25) is 19.3 Å². The van der Waals surface area contributed by atoms with E-state index in [4.69, 9.17) is 4.74 Å². The summed E-state index contributed by atoms with van der Waals surface area (Å²) in [5, 5.41) is 0. The van der Waals surface area contributed by atoms with Gasteiger partial charge >= 0.3 is 5.97 Å². The number of benzene rings is 2. The maximum atomic E-state index is 12.6. The van der Waals surface area contributed by atoms with Crippen LogP contribution in [0.25, 0.3) is 11.1 Å². The minimum Gasteiger partial charge on any atom is -0.426 e. The van der Waals surface area contributed by atoms with Crippen molar-refractivity contribution >= 4 is 17.8 Å². The maximum Gasteiger partial charge on any atom is 0.312 e. The van der Waals surface area contributed by atoms with Gasteiger partial charge < -0.3 is 4.74 Å². The maximum absolute atomic E-state index is 12.6. The molecule has 2 aromatic carbocycles. The summed E-state index contributed by atoms with van der Waals surface area (Å²) in [7, 11) is 0. The molecule has 4 atom stereocenters. The molecule has 0 aromatic heterocycles. The first-order valence-electron chi connectivity index (χ1n) is 10.0. The van der Waals surface area contributed by atoms with Crippen LogP contribution in [-0.4, -0.2) is 29.2 Å². The Kier molecular flexibility index (Phi) is 4.31. The van der Waals surface area contributed by atoms with Crippen LogP contribution >= 0.6 is 0 Å². The summed E-state index contributed by atoms with van der Waals surface area (Å²) >= 11 is 0. The lowest BCUT2D eigenvalue weighted by Gasteiger charge is -2.16. The average molecular weight is 387 g/mol. The predicted molar refractivity (Wildman–Crippen MR) is 107 cm³/mol. The van der Waals surface area contributed by atoms with Crippen LogP contribution in [0.15, 0.2) is 66.7 Å². The minimum absolute atomic E-state index is 0.000118. The number of fused-ring (bicyclic) bond motifs is 5. The Labute approximate surface area is 169 Å². The Morgan fingerprint density at radius 3 is 2.07 bits per heavy atom. The zero-order valence-corrected chi connectivity index (χ0v) is 15.9. The Balaban J connectivity index is 1.18. The monoisotopic (exact) mass is 387 g/mol. The van der Waals surface area contributed by atoms with Crippen LogP contribution in [0, 0.1) is 23.7 Å². The average Bonchev–Trinajstić information content (AvgIpc) is 3.42. The second-order valence-corrected chi connectivity index (χ2v) is 7.94. The molecule has 5 rings (SSSR count). The van der Waals surface area contributed by atoms with Crippen molar-refractivity contribution in [2.24, 2.45) is 23.7 Å². The quantitative estimate of drug-likeness (QED) is 0.341. The molecule has 5 heteroatoms. The van der Waals surface area contributed by atoms with Gasteiger partial charge in [0.1, 0.15) is 5.75 Å². The zero-order valence-electron chi connectivity index (χ0n) is 15.9. The topological polar surface area (TPSA) is 63.7 Å². The standard InChI is InChI=1S/C24H21NO4/c26-20(29-19-10-8-16(9-11-19)15-4-2-1-3-5-15)12-13-25-23(27)21-17-6-7-18(14-17)22(21)24(25)28/h1-11,17-18,21-22H,12-14H2/t17-,18-,21-,22+/m0/s1. The molecule has 2 aromatic rings. The zero-order chi connectivity index (χ0) is 20.0. The number of hydrogen-bond donors (Lipinski definition) is 0. The van der Waals surface area contributed by atoms with Crippen LogP contribution in [-0.2, 0) is 14.4 Å². The predicted octanol–water partition coefficient (Wildman–Crippen LogP) is 3.46. The molecule has 146 valence electrons. The van der Waals surface area contributed by atoms with Crippen molar-refractivity contribution in [3.63, 3.8) is 0 Å². The molecule has 2 fully saturated rings. The van der Waals surface area contributed by atoms with Crippen molar-refractivity contribution in [3.8, 4) is 16.9 Å². The summed E-state index contributed by atoms with van der Waals surface area (Å²) in [6.45, 7) is 0.0883. The van der Waals surface area contributed by atoms with Gasteiger partial charge in [0.15, 0.2) is 0 Å². The third-order valence-electron chi connectivity index (χ3n) is 6.29. The van der Waals surface area contributed by atoms with Crippen LogP contribution in [0.3, 0.4) is 0 Å². The summed E-state index contributed by atoms with van der Waals surface area (Å²) in [4.78, 5) is 38.8. The molecule has 2 amide bonds. The number of imide groups is 1. The molecule has 3 aliphatic rings. The van der Waals surface area contributed by atoms with E-state index in [0.717, 1.165) is 17.5 Å². The summed E-state index contributed by atoms with van der Waals surface area (Å²) in [6, 6.07) is 17.2. The molecule has 1 saturated carbocycles. The van der Waals surface area contributed by atoms with Crippen LogP contribution in [0.5, 0.6) is 5.75 Å². The van der Waals surface area contributed by atoms with Gasteiger partial charge in [0, 0.05) is 6.54 Å². The number of hydrogen-bond acceptors (Lipinski definition) is 4. The van der Waals surface area contributed by atoms with Gasteiger partial charge in [-0.2, -0.15) is 0 Å². The van der Waals surface area contributed by atoms with E-state index in [1.54, 1.807) is 12.1 Å². The smallest absolute Gasteiger partial charge is 0.312 e. The van der Waals surface area contributed by atoms with Gasteiger partial charge in [0.25, 0.3) is 0 Å². The van der Waals surface area contributed by atoms with Gasteiger partial charge in [-0.1, -0.05) is 54.6 Å². The lowest BCUT2D eigenvalue weighted by Crippen LogP contribution is -2.35. The highest BCUT2D eigenvalue weighted by Gasteiger charge is 2.59. The Hall–Kier alpha value is -3.21. The number of ether oxygens (including phenoxy) is 1. The number of nitrogens with zero attached hydrogens (tertiary/aromatic N) is 1. The highest BCUT2D eigenvalue weighted by Crippen LogP contribution is 2.52. The molecule has 0 N–H and O–H groups in total. The van der Waals surface area contributed by atoms with E-state index < -0.39 is 5.97 Å². The summed E-state index contributed by atoms with van der Waals surface area (Å²) < 4.78 is 5.38. The fraction of sp³-hybridized carbons (Fsp3) is 0.292. The molecule has 0 radical (unpaired) electrons. The molecule has 0 spiro atoms. The van der Waals surface area contributed by atoms with E-state index in [0.29, 0.717) is 5.75 Å². The van der Waals surface area contributed by atoms with Crippen molar-refractivity contribution in [1.82, 2.24) is 4.90 Å². The molecule has 2 bridgehead atoms. The SMILES string of the molecule is O=C(CCN1C(=O)[C@@H]2[C@H](C1=O)[C@H]1C=C[C@H]2C1)Oc1ccc(-c2ccccc2)cc1. The largest absolute Gasteiger partial charge is 0.426 e. The molecular weight excluding hydrogens is 366 g/mol. The van der Waals surface area contributed by atoms with Gasteiger partial charge in [0.2, 0.25) is 11.8 Å². The fourth-order valence-electron chi connectivity index (χ4n) is 4.92. The number of allylic oxidation sites excluding steroid dienone is 2. The Morgan fingerprint density at radius 1 is 0.862 bits per heavy atom. The molecule has 0 unspecified atom stereocenters. The fourth-order valence-corrected chi connectivity index (χ4v) is 4.92. The first-order valence-corrected chi connectivity index (χ1v) is 10.0. The number of amides is 2. The third kappa shape index (κ3) is 3.07. The van der Waals surface area contributed by atoms with Crippen molar-refractivity contribution in [2.45, 2.75) is 12.8 Å². The molecular formula is C24H21NO4. The number of rotatable bonds is 5. The normalized spacial score (nSPS) is 26.8. The van der Waals surface area contributed by atoms with Crippen molar-refractivity contribution in [2.75, 3.05) is 6.54 Å². The van der Waals surface area contributed by atoms with Gasteiger partial charge in [-0.05, 0) is 41.5 Å². The van der Waals surface area contributed by atoms with E-state index in [1.807, 2.05) is 42.5 Å². The minimum atomic E-state index is -0.448. The number of carbonyl (C=O) groups excluding carboxylic acids is 3.